The summed E-state index contributed by atoms with van der Waals surface area (Å²) in [6, 6.07) is 7.98. The Bertz CT molecular complexity index is 605. The molecule has 7 heteroatoms. The molecule has 0 aromatic heterocycles. The van der Waals surface area contributed by atoms with Crippen LogP contribution in [-0.4, -0.2) is 51.4 Å². The van der Waals surface area contributed by atoms with Gasteiger partial charge in [0.05, 0.1) is 19.0 Å². The largest absolute Gasteiger partial charge is 0.371 e. The molecule has 1 aromatic carbocycles. The first-order chi connectivity index (χ1) is 9.90. The van der Waals surface area contributed by atoms with Crippen molar-refractivity contribution in [3.05, 3.63) is 34.9 Å². The number of nitrogens with one attached hydrogen (secondary N) is 1. The third-order valence-corrected chi connectivity index (χ3v) is 5.05. The Kier molecular flexibility index (Phi) is 4.25. The number of ether oxygens (including phenoxy) is 1. The summed E-state index contributed by atoms with van der Waals surface area (Å²) in [5, 5.41) is 0.714. The van der Waals surface area contributed by atoms with Crippen LogP contribution in [0.1, 0.15) is 18.1 Å². The Balaban J connectivity index is 1.65. The van der Waals surface area contributed by atoms with Crippen molar-refractivity contribution in [2.75, 3.05) is 26.0 Å². The van der Waals surface area contributed by atoms with E-state index >= 15 is 0 Å². The predicted molar refractivity (Wildman–Crippen MR) is 81.9 cm³/mol. The molecule has 3 rings (SSSR count). The molecule has 2 aliphatic heterocycles. The maximum atomic E-state index is 11.3. The zero-order chi connectivity index (χ0) is 15.0. The van der Waals surface area contributed by atoms with Gasteiger partial charge in [0.15, 0.2) is 0 Å². The monoisotopic (exact) mass is 330 g/mol. The molecule has 0 unspecified atom stereocenters. The zero-order valence-corrected chi connectivity index (χ0v) is 13.4. The van der Waals surface area contributed by atoms with Crippen molar-refractivity contribution in [3.63, 3.8) is 0 Å². The molecular weight excluding hydrogens is 312 g/mol. The summed E-state index contributed by atoms with van der Waals surface area (Å²) in [7, 11) is -3.15. The molecule has 2 saturated heterocycles. The van der Waals surface area contributed by atoms with Gasteiger partial charge in [0.1, 0.15) is 0 Å². The average Bonchev–Trinajstić information content (AvgIpc) is 2.78. The molecule has 116 valence electrons. The maximum absolute atomic E-state index is 11.3. The van der Waals surface area contributed by atoms with Gasteiger partial charge in [-0.25, -0.2) is 13.1 Å². The second kappa shape index (κ2) is 5.85. The van der Waals surface area contributed by atoms with E-state index in [1.54, 1.807) is 0 Å². The molecule has 0 radical (unpaired) electrons. The number of hydrogen-bond acceptors (Lipinski definition) is 4. The third kappa shape index (κ3) is 3.76. The van der Waals surface area contributed by atoms with Crippen LogP contribution in [0.5, 0.6) is 0 Å². The Morgan fingerprint density at radius 2 is 2.00 bits per heavy atom. The molecule has 5 nitrogen and oxygen atoms in total. The molecule has 3 atom stereocenters. The van der Waals surface area contributed by atoms with E-state index in [4.69, 9.17) is 16.3 Å². The molecule has 0 spiro atoms. The average molecular weight is 331 g/mol. The van der Waals surface area contributed by atoms with Crippen molar-refractivity contribution in [2.45, 2.75) is 24.6 Å². The van der Waals surface area contributed by atoms with Crippen LogP contribution < -0.4 is 4.72 Å². The van der Waals surface area contributed by atoms with Gasteiger partial charge in [-0.05, 0) is 24.1 Å². The van der Waals surface area contributed by atoms with Gasteiger partial charge < -0.3 is 4.74 Å². The topological polar surface area (TPSA) is 58.6 Å². The minimum atomic E-state index is -3.15. The van der Waals surface area contributed by atoms with Gasteiger partial charge in [-0.1, -0.05) is 23.7 Å². The molecule has 1 N–H and O–H groups in total. The van der Waals surface area contributed by atoms with Crippen LogP contribution in [0.4, 0.5) is 0 Å². The number of nitrogens with zero attached hydrogens (tertiary/aromatic N) is 1. The Morgan fingerprint density at radius 3 is 2.67 bits per heavy atom. The summed E-state index contributed by atoms with van der Waals surface area (Å²) in [4.78, 5) is 2.31. The molecule has 0 amide bonds. The van der Waals surface area contributed by atoms with Crippen LogP contribution >= 0.6 is 11.6 Å². The minimum Gasteiger partial charge on any atom is -0.371 e. The fourth-order valence-electron chi connectivity index (χ4n) is 3.14. The second-order valence-electron chi connectivity index (χ2n) is 5.80. The van der Waals surface area contributed by atoms with Gasteiger partial charge in [0, 0.05) is 30.2 Å². The first-order valence-corrected chi connectivity index (χ1v) is 9.26. The van der Waals surface area contributed by atoms with Gasteiger partial charge in [-0.2, -0.15) is 0 Å². The first-order valence-electron chi connectivity index (χ1n) is 6.99. The summed E-state index contributed by atoms with van der Waals surface area (Å²) >= 11 is 5.90. The Labute approximate surface area is 130 Å². The van der Waals surface area contributed by atoms with E-state index < -0.39 is 10.0 Å². The predicted octanol–water partition coefficient (Wildman–Crippen LogP) is 1.40. The quantitative estimate of drug-likeness (QED) is 0.910. The highest BCUT2D eigenvalue weighted by Gasteiger charge is 2.38. The van der Waals surface area contributed by atoms with E-state index in [2.05, 4.69) is 9.62 Å². The van der Waals surface area contributed by atoms with Gasteiger partial charge in [-0.3, -0.25) is 4.90 Å². The van der Waals surface area contributed by atoms with Crippen molar-refractivity contribution >= 4 is 21.6 Å². The van der Waals surface area contributed by atoms with E-state index in [0.29, 0.717) is 17.7 Å². The molecular formula is C14H19ClN2O3S. The highest BCUT2D eigenvalue weighted by molar-refractivity contribution is 7.88. The number of sulfonamides is 1. The van der Waals surface area contributed by atoms with Crippen LogP contribution in [0.25, 0.3) is 0 Å². The Hall–Kier alpha value is -0.660. The number of fused-ring (bicyclic) bond motifs is 1. The van der Waals surface area contributed by atoms with Crippen LogP contribution in [0.2, 0.25) is 5.02 Å². The lowest BCUT2D eigenvalue weighted by atomic mass is 10.1. The number of benzene rings is 1. The van der Waals surface area contributed by atoms with Gasteiger partial charge in [0.25, 0.3) is 0 Å². The third-order valence-electron chi connectivity index (χ3n) is 4.04. The van der Waals surface area contributed by atoms with Crippen molar-refractivity contribution < 1.29 is 13.2 Å². The summed E-state index contributed by atoms with van der Waals surface area (Å²) in [6.07, 6.45) is 2.04. The van der Waals surface area contributed by atoms with Crippen LogP contribution in [0.3, 0.4) is 0 Å². The zero-order valence-electron chi connectivity index (χ0n) is 11.8. The lowest BCUT2D eigenvalue weighted by Gasteiger charge is -2.35. The molecule has 2 fully saturated rings. The van der Waals surface area contributed by atoms with E-state index in [1.807, 2.05) is 24.3 Å². The molecule has 0 aliphatic carbocycles. The van der Waals surface area contributed by atoms with E-state index in [-0.39, 0.29) is 12.1 Å². The molecule has 0 saturated carbocycles. The van der Waals surface area contributed by atoms with Gasteiger partial charge >= 0.3 is 0 Å². The lowest BCUT2D eigenvalue weighted by Crippen LogP contribution is -2.43. The van der Waals surface area contributed by atoms with Crippen LogP contribution in [0.15, 0.2) is 24.3 Å². The molecule has 1 aromatic rings. The fourth-order valence-corrected chi connectivity index (χ4v) is 4.04. The van der Waals surface area contributed by atoms with E-state index in [0.717, 1.165) is 25.1 Å². The summed E-state index contributed by atoms with van der Waals surface area (Å²) in [6.45, 7) is 2.16. The van der Waals surface area contributed by atoms with Crippen molar-refractivity contribution in [2.24, 2.45) is 0 Å². The molecule has 21 heavy (non-hydrogen) atoms. The number of halogens is 1. The van der Waals surface area contributed by atoms with Gasteiger partial charge in [0.2, 0.25) is 10.0 Å². The summed E-state index contributed by atoms with van der Waals surface area (Å²) in [5.41, 5.74) is 1.11. The standard InChI is InChI=1S/C14H19ClN2O3S/c1-21(18,19)16-12-6-13-9-20-14(8-17(13)7-12)10-2-4-11(15)5-3-10/h2-5,12-14,16H,6-9H2,1H3/t12-,13-,14+/m0/s1. The number of rotatable bonds is 3. The lowest BCUT2D eigenvalue weighted by molar-refractivity contribution is -0.0502. The van der Waals surface area contributed by atoms with Gasteiger partial charge in [-0.15, -0.1) is 0 Å². The van der Waals surface area contributed by atoms with Crippen LogP contribution in [-0.2, 0) is 14.8 Å². The second-order valence-corrected chi connectivity index (χ2v) is 8.02. The van der Waals surface area contributed by atoms with Crippen molar-refractivity contribution in [3.8, 4) is 0 Å². The fraction of sp³-hybridized carbons (Fsp3) is 0.571. The van der Waals surface area contributed by atoms with E-state index in [1.165, 1.54) is 6.26 Å². The molecule has 2 aliphatic rings. The molecule has 0 bridgehead atoms. The smallest absolute Gasteiger partial charge is 0.208 e. The maximum Gasteiger partial charge on any atom is 0.208 e. The van der Waals surface area contributed by atoms with E-state index in [9.17, 15) is 8.42 Å². The summed E-state index contributed by atoms with van der Waals surface area (Å²) < 4.78 is 31.3. The minimum absolute atomic E-state index is 0.0161. The summed E-state index contributed by atoms with van der Waals surface area (Å²) in [5.74, 6) is 0. The SMILES string of the molecule is CS(=O)(=O)N[C@H]1C[C@H]2CO[C@@H](c3ccc(Cl)cc3)CN2C1. The number of hydrogen-bond donors (Lipinski definition) is 1. The van der Waals surface area contributed by atoms with Crippen molar-refractivity contribution in [1.82, 2.24) is 9.62 Å². The molecule has 2 heterocycles. The normalized spacial score (nSPS) is 30.3. The van der Waals surface area contributed by atoms with Crippen molar-refractivity contribution in [1.29, 1.82) is 0 Å². The highest BCUT2D eigenvalue weighted by Crippen LogP contribution is 2.30. The Morgan fingerprint density at radius 1 is 1.29 bits per heavy atom. The first kappa shape index (κ1) is 15.2. The number of morpholine rings is 1. The van der Waals surface area contributed by atoms with Crippen LogP contribution in [0, 0.1) is 0 Å². The highest BCUT2D eigenvalue weighted by atomic mass is 35.5.